The van der Waals surface area contributed by atoms with Crippen molar-refractivity contribution in [2.75, 3.05) is 18.5 Å². The highest BCUT2D eigenvalue weighted by Gasteiger charge is 2.17. The van der Waals surface area contributed by atoms with Crippen LogP contribution in [0.25, 0.3) is 0 Å². The smallest absolute Gasteiger partial charge is 0.262 e. The zero-order valence-corrected chi connectivity index (χ0v) is 16.5. The van der Waals surface area contributed by atoms with Crippen molar-refractivity contribution in [3.8, 4) is 5.75 Å². The van der Waals surface area contributed by atoms with Gasteiger partial charge in [0, 0.05) is 6.54 Å². The Kier molecular flexibility index (Phi) is 7.73. The van der Waals surface area contributed by atoms with Crippen molar-refractivity contribution in [1.29, 1.82) is 0 Å². The molecule has 0 aliphatic carbocycles. The Morgan fingerprint density at radius 2 is 1.86 bits per heavy atom. The van der Waals surface area contributed by atoms with Crippen LogP contribution in [0.2, 0.25) is 5.02 Å². The lowest BCUT2D eigenvalue weighted by Gasteiger charge is -2.11. The van der Waals surface area contributed by atoms with Crippen molar-refractivity contribution < 1.29 is 26.7 Å². The molecule has 0 heterocycles. The number of ether oxygens (including phenoxy) is 1. The zero-order valence-electron chi connectivity index (χ0n) is 15.0. The molecule has 152 valence electrons. The normalized spacial score (nSPS) is 11.3. The van der Waals surface area contributed by atoms with E-state index in [1.165, 1.54) is 24.3 Å². The van der Waals surface area contributed by atoms with Crippen LogP contribution in [0.15, 0.2) is 41.3 Å². The molecule has 0 saturated carbocycles. The average Bonchev–Trinajstić information content (AvgIpc) is 2.64. The summed E-state index contributed by atoms with van der Waals surface area (Å²) in [5.41, 5.74) is -0.582. The molecule has 10 heteroatoms. The summed E-state index contributed by atoms with van der Waals surface area (Å²) >= 11 is 6.02. The third-order valence-corrected chi connectivity index (χ3v) is 5.38. The van der Waals surface area contributed by atoms with E-state index in [0.29, 0.717) is 13.0 Å². The first-order valence-electron chi connectivity index (χ1n) is 8.40. The molecule has 2 aromatic rings. The van der Waals surface area contributed by atoms with Gasteiger partial charge in [-0.3, -0.25) is 4.79 Å². The van der Waals surface area contributed by atoms with Gasteiger partial charge in [0.25, 0.3) is 5.91 Å². The SMILES string of the molecule is CCCCNS(=O)(=O)c1ccc(OCC(=O)Nc2c(F)cccc2F)c(Cl)c1. The van der Waals surface area contributed by atoms with Gasteiger partial charge in [-0.25, -0.2) is 21.9 Å². The maximum Gasteiger partial charge on any atom is 0.262 e. The third kappa shape index (κ3) is 5.88. The summed E-state index contributed by atoms with van der Waals surface area (Å²) in [7, 11) is -3.71. The largest absolute Gasteiger partial charge is 0.482 e. The molecule has 0 spiro atoms. The summed E-state index contributed by atoms with van der Waals surface area (Å²) in [5, 5.41) is 2.04. The molecule has 0 unspecified atom stereocenters. The van der Waals surface area contributed by atoms with Crippen molar-refractivity contribution in [1.82, 2.24) is 4.72 Å². The highest BCUT2D eigenvalue weighted by Crippen LogP contribution is 2.27. The molecule has 0 fully saturated rings. The fourth-order valence-electron chi connectivity index (χ4n) is 2.17. The quantitative estimate of drug-likeness (QED) is 0.591. The maximum atomic E-state index is 13.5. The number of sulfonamides is 1. The Morgan fingerprint density at radius 1 is 1.18 bits per heavy atom. The van der Waals surface area contributed by atoms with Gasteiger partial charge < -0.3 is 10.1 Å². The van der Waals surface area contributed by atoms with Crippen LogP contribution < -0.4 is 14.8 Å². The van der Waals surface area contributed by atoms with Crippen LogP contribution in [0.5, 0.6) is 5.75 Å². The van der Waals surface area contributed by atoms with E-state index in [1.807, 2.05) is 6.92 Å². The minimum Gasteiger partial charge on any atom is -0.482 e. The number of para-hydroxylation sites is 1. The van der Waals surface area contributed by atoms with Crippen molar-refractivity contribution >= 4 is 33.2 Å². The molecule has 2 rings (SSSR count). The zero-order chi connectivity index (χ0) is 20.7. The number of hydrogen-bond acceptors (Lipinski definition) is 4. The van der Waals surface area contributed by atoms with Crippen LogP contribution in [0.4, 0.5) is 14.5 Å². The lowest BCUT2D eigenvalue weighted by molar-refractivity contribution is -0.118. The van der Waals surface area contributed by atoms with Crippen LogP contribution in [0.3, 0.4) is 0 Å². The molecule has 0 aromatic heterocycles. The predicted molar refractivity (Wildman–Crippen MR) is 102 cm³/mol. The van der Waals surface area contributed by atoms with Crippen molar-refractivity contribution in [3.05, 3.63) is 53.1 Å². The van der Waals surface area contributed by atoms with E-state index in [9.17, 15) is 22.0 Å². The summed E-state index contributed by atoms with van der Waals surface area (Å²) < 4.78 is 59.0. The summed E-state index contributed by atoms with van der Waals surface area (Å²) in [6.45, 7) is 1.67. The molecule has 2 aromatic carbocycles. The first-order chi connectivity index (χ1) is 13.2. The average molecular weight is 433 g/mol. The number of anilines is 1. The minimum atomic E-state index is -3.71. The molecule has 0 aliphatic heterocycles. The van der Waals surface area contributed by atoms with Gasteiger partial charge >= 0.3 is 0 Å². The van der Waals surface area contributed by atoms with E-state index in [0.717, 1.165) is 18.6 Å². The summed E-state index contributed by atoms with van der Waals surface area (Å²) in [4.78, 5) is 11.8. The number of rotatable bonds is 9. The third-order valence-electron chi connectivity index (χ3n) is 3.62. The van der Waals surface area contributed by atoms with E-state index in [2.05, 4.69) is 10.0 Å². The van der Waals surface area contributed by atoms with Gasteiger partial charge in [0.1, 0.15) is 23.1 Å². The molecule has 0 atom stereocenters. The van der Waals surface area contributed by atoms with Gasteiger partial charge in [-0.2, -0.15) is 0 Å². The van der Waals surface area contributed by atoms with Crippen LogP contribution in [-0.2, 0) is 14.8 Å². The van der Waals surface area contributed by atoms with Crippen molar-refractivity contribution in [3.63, 3.8) is 0 Å². The Balaban J connectivity index is 2.00. The molecule has 0 saturated heterocycles. The number of unbranched alkanes of at least 4 members (excludes halogenated alkanes) is 1. The summed E-state index contributed by atoms with van der Waals surface area (Å²) in [6.07, 6.45) is 1.54. The number of carbonyl (C=O) groups is 1. The van der Waals surface area contributed by atoms with E-state index < -0.39 is 39.9 Å². The minimum absolute atomic E-state index is 0.0248. The van der Waals surface area contributed by atoms with E-state index in [-0.39, 0.29) is 15.7 Å². The molecule has 2 N–H and O–H groups in total. The Labute approximate surface area is 166 Å². The molecular formula is C18H19ClF2N2O4S. The van der Waals surface area contributed by atoms with Crippen molar-refractivity contribution in [2.45, 2.75) is 24.7 Å². The second kappa shape index (κ2) is 9.81. The fraction of sp³-hybridized carbons (Fsp3) is 0.278. The molecular weight excluding hydrogens is 414 g/mol. The first-order valence-corrected chi connectivity index (χ1v) is 10.3. The Morgan fingerprint density at radius 3 is 2.46 bits per heavy atom. The second-order valence-corrected chi connectivity index (χ2v) is 7.95. The molecule has 0 radical (unpaired) electrons. The number of carbonyl (C=O) groups excluding carboxylic acids is 1. The van der Waals surface area contributed by atoms with Crippen LogP contribution in [-0.4, -0.2) is 27.5 Å². The highest BCUT2D eigenvalue weighted by molar-refractivity contribution is 7.89. The maximum absolute atomic E-state index is 13.5. The standard InChI is InChI=1S/C18H19ClF2N2O4S/c1-2-3-9-22-28(25,26)12-7-8-16(13(19)10-12)27-11-17(24)23-18-14(20)5-4-6-15(18)21/h4-8,10,22H,2-3,9,11H2,1H3,(H,23,24). The van der Waals surface area contributed by atoms with Gasteiger partial charge in [-0.05, 0) is 36.8 Å². The Hall–Kier alpha value is -2.23. The molecule has 0 aliphatic rings. The summed E-state index contributed by atoms with van der Waals surface area (Å²) in [5.74, 6) is -2.59. The second-order valence-electron chi connectivity index (χ2n) is 5.78. The highest BCUT2D eigenvalue weighted by atomic mass is 35.5. The fourth-order valence-corrected chi connectivity index (χ4v) is 3.57. The lowest BCUT2D eigenvalue weighted by Crippen LogP contribution is -2.24. The van der Waals surface area contributed by atoms with Crippen molar-refractivity contribution in [2.24, 2.45) is 0 Å². The molecule has 28 heavy (non-hydrogen) atoms. The molecule has 0 bridgehead atoms. The first kappa shape index (κ1) is 22.1. The lowest BCUT2D eigenvalue weighted by atomic mass is 10.3. The van der Waals surface area contributed by atoms with Crippen LogP contribution >= 0.6 is 11.6 Å². The van der Waals surface area contributed by atoms with E-state index in [1.54, 1.807) is 0 Å². The van der Waals surface area contributed by atoms with Gasteiger partial charge in [0.15, 0.2) is 6.61 Å². The Bertz CT molecular complexity index is 934. The van der Waals surface area contributed by atoms with Crippen LogP contribution in [0.1, 0.15) is 19.8 Å². The number of halogens is 3. The van der Waals surface area contributed by atoms with E-state index >= 15 is 0 Å². The summed E-state index contributed by atoms with van der Waals surface area (Å²) in [6, 6.07) is 6.95. The molecule has 1 amide bonds. The number of hydrogen-bond donors (Lipinski definition) is 2. The van der Waals surface area contributed by atoms with Gasteiger partial charge in [0.05, 0.1) is 9.92 Å². The van der Waals surface area contributed by atoms with Gasteiger partial charge in [-0.15, -0.1) is 0 Å². The number of benzene rings is 2. The topological polar surface area (TPSA) is 84.5 Å². The van der Waals surface area contributed by atoms with Gasteiger partial charge in [0.2, 0.25) is 10.0 Å². The predicted octanol–water partition coefficient (Wildman–Crippen LogP) is 3.71. The van der Waals surface area contributed by atoms with Gasteiger partial charge in [-0.1, -0.05) is 31.0 Å². The molecule has 6 nitrogen and oxygen atoms in total. The number of nitrogens with one attached hydrogen (secondary N) is 2. The monoisotopic (exact) mass is 432 g/mol. The van der Waals surface area contributed by atoms with E-state index in [4.69, 9.17) is 16.3 Å². The van der Waals surface area contributed by atoms with Crippen LogP contribution in [0, 0.1) is 11.6 Å². The number of amides is 1.